The van der Waals surface area contributed by atoms with E-state index in [4.69, 9.17) is 10.5 Å². The number of carbonyl (C=O) groups is 1. The van der Waals surface area contributed by atoms with Crippen LogP contribution in [0.4, 0.5) is 5.69 Å². The highest BCUT2D eigenvalue weighted by molar-refractivity contribution is 5.94. The van der Waals surface area contributed by atoms with Crippen molar-refractivity contribution in [2.45, 2.75) is 20.3 Å². The van der Waals surface area contributed by atoms with Crippen LogP contribution in [-0.2, 0) is 4.74 Å². The number of phenolic OH excluding ortho intramolecular Hbond substituents is 1. The fraction of sp³-hybridized carbons (Fsp3) is 0.417. The van der Waals surface area contributed by atoms with Crippen molar-refractivity contribution in [2.75, 3.05) is 20.0 Å². The highest BCUT2D eigenvalue weighted by atomic mass is 16.5. The summed E-state index contributed by atoms with van der Waals surface area (Å²) in [6.07, 6.45) is 1.25. The summed E-state index contributed by atoms with van der Waals surface area (Å²) in [6.45, 7) is 4.25. The van der Waals surface area contributed by atoms with Crippen LogP contribution in [0.2, 0.25) is 0 Å². The molecule has 0 aliphatic carbocycles. The summed E-state index contributed by atoms with van der Waals surface area (Å²) >= 11 is 0. The predicted molar refractivity (Wildman–Crippen MR) is 66.4 cm³/mol. The Morgan fingerprint density at radius 3 is 2.29 bits per heavy atom. The molecule has 1 rings (SSSR count). The van der Waals surface area contributed by atoms with Crippen LogP contribution < -0.4 is 10.5 Å². The zero-order valence-electron chi connectivity index (χ0n) is 10.6. The molecule has 0 unspecified atom stereocenters. The highest BCUT2D eigenvalue weighted by Gasteiger charge is 2.16. The number of anilines is 1. The number of aromatic hydroxyl groups is 1. The second-order valence-corrected chi connectivity index (χ2v) is 3.32. The van der Waals surface area contributed by atoms with Gasteiger partial charge in [0.15, 0.2) is 11.5 Å². The molecule has 0 amide bonds. The van der Waals surface area contributed by atoms with Gasteiger partial charge < -0.3 is 20.3 Å². The number of nitrogens with two attached hydrogens (primary N) is 1. The molecule has 0 radical (unpaired) electrons. The number of nitrogen functional groups attached to an aromatic ring is 1. The highest BCUT2D eigenvalue weighted by Crippen LogP contribution is 2.32. The molecule has 0 atom stereocenters. The molecule has 0 bridgehead atoms. The molecule has 5 nitrogen and oxygen atoms in total. The molecule has 0 spiro atoms. The van der Waals surface area contributed by atoms with Gasteiger partial charge in [0.1, 0.15) is 5.56 Å². The number of esters is 1. The van der Waals surface area contributed by atoms with E-state index in [-0.39, 0.29) is 17.1 Å². The van der Waals surface area contributed by atoms with Gasteiger partial charge >= 0.3 is 5.97 Å². The molecule has 0 fully saturated rings. The van der Waals surface area contributed by atoms with E-state index in [2.05, 4.69) is 18.6 Å². The minimum atomic E-state index is -0.659. The van der Waals surface area contributed by atoms with Gasteiger partial charge in [-0.25, -0.2) is 4.79 Å². The summed E-state index contributed by atoms with van der Waals surface area (Å²) in [6, 6.07) is 2.74. The summed E-state index contributed by atoms with van der Waals surface area (Å²) in [5.74, 6) is -0.785. The Kier molecular flexibility index (Phi) is 6.55. The number of phenols is 1. The van der Waals surface area contributed by atoms with E-state index in [0.29, 0.717) is 5.69 Å². The van der Waals surface area contributed by atoms with Crippen LogP contribution >= 0.6 is 0 Å². The maximum atomic E-state index is 11.2. The number of hydrogen-bond donors (Lipinski definition) is 2. The molecule has 0 saturated heterocycles. The van der Waals surface area contributed by atoms with E-state index in [1.54, 1.807) is 0 Å². The fourth-order valence-corrected chi connectivity index (χ4v) is 1.05. The molecule has 3 N–H and O–H groups in total. The van der Waals surface area contributed by atoms with Crippen LogP contribution in [0.5, 0.6) is 11.5 Å². The molecular weight excluding hydrogens is 222 g/mol. The molecule has 0 aliphatic heterocycles. The number of hydrogen-bond acceptors (Lipinski definition) is 5. The monoisotopic (exact) mass is 241 g/mol. The van der Waals surface area contributed by atoms with Crippen molar-refractivity contribution in [3.05, 3.63) is 17.7 Å². The van der Waals surface area contributed by atoms with Crippen molar-refractivity contribution in [3.63, 3.8) is 0 Å². The molecule has 0 aromatic heterocycles. The van der Waals surface area contributed by atoms with Crippen molar-refractivity contribution >= 4 is 11.7 Å². The van der Waals surface area contributed by atoms with Gasteiger partial charge in [-0.2, -0.15) is 0 Å². The molecule has 17 heavy (non-hydrogen) atoms. The number of methoxy groups -OCH3 is 2. The fourth-order valence-electron chi connectivity index (χ4n) is 1.05. The smallest absolute Gasteiger partial charge is 0.341 e. The third kappa shape index (κ3) is 4.22. The Morgan fingerprint density at radius 2 is 1.88 bits per heavy atom. The van der Waals surface area contributed by atoms with E-state index in [0.717, 1.165) is 0 Å². The van der Waals surface area contributed by atoms with Crippen molar-refractivity contribution < 1.29 is 19.4 Å². The SMILES string of the molecule is CCC.COC(=O)c1cc(N)cc(OC)c1O. The van der Waals surface area contributed by atoms with E-state index in [9.17, 15) is 9.90 Å². The third-order valence-electron chi connectivity index (χ3n) is 1.72. The Bertz CT molecular complexity index is 377. The normalized spacial score (nSPS) is 8.94. The van der Waals surface area contributed by atoms with Crippen LogP contribution in [0.15, 0.2) is 12.1 Å². The lowest BCUT2D eigenvalue weighted by Crippen LogP contribution is -2.03. The van der Waals surface area contributed by atoms with E-state index in [1.165, 1.54) is 32.8 Å². The minimum absolute atomic E-state index is 0.00986. The summed E-state index contributed by atoms with van der Waals surface area (Å²) in [4.78, 5) is 11.2. The van der Waals surface area contributed by atoms with Crippen LogP contribution in [0.1, 0.15) is 30.6 Å². The third-order valence-corrected chi connectivity index (χ3v) is 1.72. The largest absolute Gasteiger partial charge is 0.504 e. The van der Waals surface area contributed by atoms with Gasteiger partial charge in [0.05, 0.1) is 14.2 Å². The molecule has 5 heteroatoms. The topological polar surface area (TPSA) is 81.8 Å². The van der Waals surface area contributed by atoms with Gasteiger partial charge in [-0.1, -0.05) is 20.3 Å². The van der Waals surface area contributed by atoms with Crippen molar-refractivity contribution in [1.82, 2.24) is 0 Å². The predicted octanol–water partition coefficient (Wildman–Crippen LogP) is 2.19. The Balaban J connectivity index is 0.000000770. The quantitative estimate of drug-likeness (QED) is 0.471. The van der Waals surface area contributed by atoms with Crippen molar-refractivity contribution in [2.24, 2.45) is 0 Å². The van der Waals surface area contributed by atoms with Crippen molar-refractivity contribution in [1.29, 1.82) is 0 Å². The molecule has 96 valence electrons. The van der Waals surface area contributed by atoms with E-state index >= 15 is 0 Å². The lowest BCUT2D eigenvalue weighted by Gasteiger charge is -2.08. The van der Waals surface area contributed by atoms with Gasteiger partial charge in [0.25, 0.3) is 0 Å². The second-order valence-electron chi connectivity index (χ2n) is 3.32. The average molecular weight is 241 g/mol. The molecule has 0 saturated carbocycles. The van der Waals surface area contributed by atoms with Gasteiger partial charge in [-0.15, -0.1) is 0 Å². The van der Waals surface area contributed by atoms with Gasteiger partial charge in [0, 0.05) is 11.8 Å². The van der Waals surface area contributed by atoms with Gasteiger partial charge in [-0.3, -0.25) is 0 Å². The molecular formula is C12H19NO4. The maximum Gasteiger partial charge on any atom is 0.341 e. The number of rotatable bonds is 2. The van der Waals surface area contributed by atoms with Gasteiger partial charge in [0.2, 0.25) is 0 Å². The molecule has 0 aliphatic rings. The van der Waals surface area contributed by atoms with E-state index < -0.39 is 5.97 Å². The molecule has 1 aromatic rings. The van der Waals surface area contributed by atoms with Crippen molar-refractivity contribution in [3.8, 4) is 11.5 Å². The van der Waals surface area contributed by atoms with Crippen LogP contribution in [0.3, 0.4) is 0 Å². The van der Waals surface area contributed by atoms with Crippen LogP contribution in [-0.4, -0.2) is 25.3 Å². The number of carbonyl (C=O) groups excluding carboxylic acids is 1. The Labute approximate surface area is 101 Å². The van der Waals surface area contributed by atoms with E-state index in [1.807, 2.05) is 0 Å². The lowest BCUT2D eigenvalue weighted by atomic mass is 10.1. The minimum Gasteiger partial charge on any atom is -0.504 e. The lowest BCUT2D eigenvalue weighted by molar-refractivity contribution is 0.0597. The average Bonchev–Trinajstić information content (AvgIpc) is 2.31. The Hall–Kier alpha value is -1.91. The Morgan fingerprint density at radius 1 is 1.35 bits per heavy atom. The van der Waals surface area contributed by atoms with Crippen LogP contribution in [0.25, 0.3) is 0 Å². The van der Waals surface area contributed by atoms with Gasteiger partial charge in [-0.05, 0) is 6.07 Å². The maximum absolute atomic E-state index is 11.2. The molecule has 0 heterocycles. The first-order chi connectivity index (χ1) is 8.01. The standard InChI is InChI=1S/C9H11NO4.C3H8/c1-13-7-4-5(10)3-6(8(7)11)9(12)14-2;1-3-2/h3-4,11H,10H2,1-2H3;3H2,1-2H3. The first-order valence-corrected chi connectivity index (χ1v) is 5.26. The second kappa shape index (κ2) is 7.38. The summed E-state index contributed by atoms with van der Waals surface area (Å²) in [5, 5.41) is 9.53. The number of ether oxygens (including phenoxy) is 2. The number of benzene rings is 1. The summed E-state index contributed by atoms with van der Waals surface area (Å²) in [7, 11) is 2.59. The first-order valence-electron chi connectivity index (χ1n) is 5.26. The van der Waals surface area contributed by atoms with Crippen LogP contribution in [0, 0.1) is 0 Å². The summed E-state index contributed by atoms with van der Waals surface area (Å²) < 4.78 is 9.28. The summed E-state index contributed by atoms with van der Waals surface area (Å²) in [5.41, 5.74) is 5.81. The zero-order chi connectivity index (χ0) is 13.4. The first kappa shape index (κ1) is 15.1. The molecule has 1 aromatic carbocycles. The zero-order valence-corrected chi connectivity index (χ0v) is 10.6.